The number of hydrogen-bond donors (Lipinski definition) is 0. The summed E-state index contributed by atoms with van der Waals surface area (Å²) in [7, 11) is 1.79. The van der Waals surface area contributed by atoms with E-state index in [1.165, 1.54) is 0 Å². The summed E-state index contributed by atoms with van der Waals surface area (Å²) in [5, 5.41) is 10.8. The van der Waals surface area contributed by atoms with E-state index in [0.29, 0.717) is 24.2 Å². The van der Waals surface area contributed by atoms with Crippen LogP contribution in [0.2, 0.25) is 0 Å². The van der Waals surface area contributed by atoms with Crippen LogP contribution in [0.1, 0.15) is 43.3 Å². The molecule has 152 valence electrons. The number of methoxy groups -OCH3 is 1. The Morgan fingerprint density at radius 2 is 2.11 bits per heavy atom. The molecule has 2 aromatic rings. The third kappa shape index (κ3) is 4.15. The molecule has 0 N–H and O–H groups in total. The van der Waals surface area contributed by atoms with E-state index in [9.17, 15) is 4.79 Å². The molecule has 0 radical (unpaired) electrons. The lowest BCUT2D eigenvalue weighted by Gasteiger charge is -2.36. The van der Waals surface area contributed by atoms with Crippen LogP contribution in [0.4, 0.5) is 0 Å². The molecule has 0 unspecified atom stereocenters. The zero-order chi connectivity index (χ0) is 19.7. The molecule has 1 saturated heterocycles. The van der Waals surface area contributed by atoms with E-state index >= 15 is 0 Å². The first kappa shape index (κ1) is 19.6. The molecule has 1 amide bonds. The van der Waals surface area contributed by atoms with Crippen LogP contribution < -0.4 is 0 Å². The van der Waals surface area contributed by atoms with Gasteiger partial charge >= 0.3 is 0 Å². The molecular formula is C21H30N4O2S. The number of hydrogen-bond acceptors (Lipinski definition) is 5. The monoisotopic (exact) mass is 402 g/mol. The maximum Gasteiger partial charge on any atom is 0.227 e. The summed E-state index contributed by atoms with van der Waals surface area (Å²) in [4.78, 5) is 15.9. The average molecular weight is 403 g/mol. The highest BCUT2D eigenvalue weighted by atomic mass is 32.1. The van der Waals surface area contributed by atoms with Crippen LogP contribution in [0, 0.1) is 17.8 Å². The van der Waals surface area contributed by atoms with Crippen molar-refractivity contribution < 1.29 is 9.53 Å². The molecular weight excluding hydrogens is 372 g/mol. The Balaban J connectivity index is 1.43. The number of thiophene rings is 1. The zero-order valence-corrected chi connectivity index (χ0v) is 17.8. The normalized spacial score (nSPS) is 27.4. The molecule has 7 heteroatoms. The Morgan fingerprint density at radius 1 is 1.32 bits per heavy atom. The third-order valence-electron chi connectivity index (χ3n) is 6.16. The topological polar surface area (TPSA) is 60.2 Å². The van der Waals surface area contributed by atoms with Crippen molar-refractivity contribution in [2.75, 3.05) is 20.2 Å². The fourth-order valence-corrected chi connectivity index (χ4v) is 5.48. The van der Waals surface area contributed by atoms with E-state index in [4.69, 9.17) is 4.74 Å². The number of aromatic nitrogens is 3. The highest BCUT2D eigenvalue weighted by Gasteiger charge is 2.44. The van der Waals surface area contributed by atoms with Crippen LogP contribution >= 0.6 is 11.3 Å². The van der Waals surface area contributed by atoms with Gasteiger partial charge in [-0.25, -0.2) is 4.68 Å². The van der Waals surface area contributed by atoms with Gasteiger partial charge < -0.3 is 9.64 Å². The smallest absolute Gasteiger partial charge is 0.227 e. The second-order valence-electron chi connectivity index (χ2n) is 8.68. The fraction of sp³-hybridized carbons (Fsp3) is 0.667. The molecule has 3 heterocycles. The van der Waals surface area contributed by atoms with Crippen molar-refractivity contribution in [3.8, 4) is 0 Å². The first-order valence-electron chi connectivity index (χ1n) is 10.3. The van der Waals surface area contributed by atoms with Crippen molar-refractivity contribution >= 4 is 17.2 Å². The molecule has 1 aliphatic carbocycles. The Kier molecular flexibility index (Phi) is 5.83. The standard InChI is InChI=1S/C21H30N4O2S/c1-14(2)7-17-13-25(23-22-17)19-8-15-11-24(12-16(15)9-20(19)27-3)21(26)10-18-5-4-6-28-18/h4-6,13-16,19-20H,7-12H2,1-3H3/t15-,16+,19-,20-/m1/s1. The number of amides is 1. The minimum Gasteiger partial charge on any atom is -0.379 e. The summed E-state index contributed by atoms with van der Waals surface area (Å²) < 4.78 is 7.86. The summed E-state index contributed by atoms with van der Waals surface area (Å²) in [5.74, 6) is 1.85. The van der Waals surface area contributed by atoms with E-state index in [-0.39, 0.29) is 18.1 Å². The maximum absolute atomic E-state index is 12.7. The van der Waals surface area contributed by atoms with E-state index in [1.807, 2.05) is 22.2 Å². The molecule has 4 rings (SSSR count). The quantitative estimate of drug-likeness (QED) is 0.744. The van der Waals surface area contributed by atoms with Crippen LogP contribution in [0.15, 0.2) is 23.7 Å². The van der Waals surface area contributed by atoms with Crippen LogP contribution in [-0.2, 0) is 22.4 Å². The second-order valence-corrected chi connectivity index (χ2v) is 9.71. The van der Waals surface area contributed by atoms with E-state index in [1.54, 1.807) is 18.4 Å². The van der Waals surface area contributed by atoms with Crippen molar-refractivity contribution in [2.45, 2.75) is 51.7 Å². The van der Waals surface area contributed by atoms with Gasteiger partial charge in [0.2, 0.25) is 5.91 Å². The minimum atomic E-state index is 0.127. The van der Waals surface area contributed by atoms with Crippen molar-refractivity contribution in [1.29, 1.82) is 0 Å². The van der Waals surface area contributed by atoms with E-state index in [0.717, 1.165) is 42.9 Å². The summed E-state index contributed by atoms with van der Waals surface area (Å²) >= 11 is 1.66. The summed E-state index contributed by atoms with van der Waals surface area (Å²) in [6.07, 6.45) is 5.66. The number of nitrogens with zero attached hydrogens (tertiary/aromatic N) is 4. The first-order valence-corrected chi connectivity index (χ1v) is 11.1. The summed E-state index contributed by atoms with van der Waals surface area (Å²) in [6, 6.07) is 4.26. The van der Waals surface area contributed by atoms with Gasteiger partial charge in [-0.05, 0) is 48.5 Å². The van der Waals surface area contributed by atoms with Gasteiger partial charge in [-0.15, -0.1) is 16.4 Å². The molecule has 0 bridgehead atoms. The van der Waals surface area contributed by atoms with Gasteiger partial charge in [-0.1, -0.05) is 25.1 Å². The molecule has 4 atom stereocenters. The van der Waals surface area contributed by atoms with Crippen LogP contribution in [-0.4, -0.2) is 52.1 Å². The average Bonchev–Trinajstić information content (AvgIpc) is 3.40. The molecule has 2 aliphatic rings. The van der Waals surface area contributed by atoms with Gasteiger partial charge in [0.1, 0.15) is 0 Å². The van der Waals surface area contributed by atoms with E-state index in [2.05, 4.69) is 35.3 Å². The Bertz CT molecular complexity index is 788. The number of likely N-dealkylation sites (tertiary alicyclic amines) is 1. The number of carbonyl (C=O) groups is 1. The molecule has 0 aromatic carbocycles. The number of fused-ring (bicyclic) bond motifs is 1. The summed E-state index contributed by atoms with van der Waals surface area (Å²) in [5.41, 5.74) is 1.05. The molecule has 0 spiro atoms. The molecule has 6 nitrogen and oxygen atoms in total. The zero-order valence-electron chi connectivity index (χ0n) is 17.0. The van der Waals surface area contributed by atoms with Crippen LogP contribution in [0.3, 0.4) is 0 Å². The van der Waals surface area contributed by atoms with E-state index < -0.39 is 0 Å². The van der Waals surface area contributed by atoms with Crippen LogP contribution in [0.25, 0.3) is 0 Å². The van der Waals surface area contributed by atoms with Gasteiger partial charge in [0.25, 0.3) is 0 Å². The predicted molar refractivity (Wildman–Crippen MR) is 109 cm³/mol. The van der Waals surface area contributed by atoms with Gasteiger partial charge in [0, 0.05) is 31.3 Å². The molecule has 1 saturated carbocycles. The Labute approximate surface area is 170 Å². The van der Waals surface area contributed by atoms with Crippen molar-refractivity contribution in [3.63, 3.8) is 0 Å². The minimum absolute atomic E-state index is 0.127. The molecule has 1 aliphatic heterocycles. The van der Waals surface area contributed by atoms with Crippen molar-refractivity contribution in [2.24, 2.45) is 17.8 Å². The lowest BCUT2D eigenvalue weighted by Crippen LogP contribution is -2.37. The molecule has 2 aromatic heterocycles. The third-order valence-corrected chi connectivity index (χ3v) is 7.04. The second kappa shape index (κ2) is 8.33. The highest BCUT2D eigenvalue weighted by molar-refractivity contribution is 7.10. The largest absolute Gasteiger partial charge is 0.379 e. The maximum atomic E-state index is 12.7. The number of carbonyl (C=O) groups excluding carboxylic acids is 1. The fourth-order valence-electron chi connectivity index (χ4n) is 4.79. The predicted octanol–water partition coefficient (Wildman–Crippen LogP) is 3.21. The van der Waals surface area contributed by atoms with Gasteiger partial charge in [-0.2, -0.15) is 0 Å². The first-order chi connectivity index (χ1) is 13.5. The van der Waals surface area contributed by atoms with Gasteiger partial charge in [-0.3, -0.25) is 4.79 Å². The Hall–Kier alpha value is -1.73. The van der Waals surface area contributed by atoms with Crippen LogP contribution in [0.5, 0.6) is 0 Å². The lowest BCUT2D eigenvalue weighted by molar-refractivity contribution is -0.129. The Morgan fingerprint density at radius 3 is 2.79 bits per heavy atom. The number of ether oxygens (including phenoxy) is 1. The number of rotatable bonds is 6. The van der Waals surface area contributed by atoms with Gasteiger partial charge in [0.15, 0.2) is 0 Å². The lowest BCUT2D eigenvalue weighted by atomic mass is 9.77. The summed E-state index contributed by atoms with van der Waals surface area (Å²) in [6.45, 7) is 6.11. The highest BCUT2D eigenvalue weighted by Crippen LogP contribution is 2.42. The SMILES string of the molecule is CO[C@@H]1C[C@H]2CN(C(=O)Cc3cccs3)C[C@H]2C[C@H]1n1cc(CC(C)C)nn1. The van der Waals surface area contributed by atoms with Gasteiger partial charge in [0.05, 0.1) is 24.3 Å². The van der Waals surface area contributed by atoms with Crippen molar-refractivity contribution in [3.05, 3.63) is 34.3 Å². The molecule has 2 fully saturated rings. The van der Waals surface area contributed by atoms with Crippen molar-refractivity contribution in [1.82, 2.24) is 19.9 Å². The molecule has 28 heavy (non-hydrogen) atoms.